The third kappa shape index (κ3) is 5.71. The molecular formula is C34H38N2O5. The van der Waals surface area contributed by atoms with Crippen LogP contribution < -0.4 is 4.74 Å². The fraction of sp³-hybridized carbons (Fsp3) is 0.382. The molecule has 3 aromatic carbocycles. The second-order valence-electron chi connectivity index (χ2n) is 11.1. The maximum absolute atomic E-state index is 13.7. The van der Waals surface area contributed by atoms with Gasteiger partial charge in [0.25, 0.3) is 0 Å². The van der Waals surface area contributed by atoms with E-state index < -0.39 is 24.2 Å². The van der Waals surface area contributed by atoms with Crippen LogP contribution in [0.5, 0.6) is 5.75 Å². The van der Waals surface area contributed by atoms with Gasteiger partial charge in [0.2, 0.25) is 11.8 Å². The Bertz CT molecular complexity index is 1450. The van der Waals surface area contributed by atoms with Gasteiger partial charge in [0.05, 0.1) is 19.1 Å². The van der Waals surface area contributed by atoms with Gasteiger partial charge in [-0.2, -0.15) is 0 Å². The molecule has 0 N–H and O–H groups in total. The predicted molar refractivity (Wildman–Crippen MR) is 157 cm³/mol. The van der Waals surface area contributed by atoms with Gasteiger partial charge in [0, 0.05) is 24.6 Å². The van der Waals surface area contributed by atoms with Gasteiger partial charge in [-0.25, -0.2) is 9.69 Å². The molecule has 0 spiro atoms. The van der Waals surface area contributed by atoms with Crippen molar-refractivity contribution in [2.75, 3.05) is 13.7 Å². The lowest BCUT2D eigenvalue weighted by atomic mass is 9.91. The molecule has 0 unspecified atom stereocenters. The number of amides is 3. The number of ether oxygens (including phenoxy) is 2. The first-order valence-corrected chi connectivity index (χ1v) is 14.4. The van der Waals surface area contributed by atoms with Crippen LogP contribution in [0.25, 0.3) is 11.1 Å². The number of rotatable bonds is 9. The van der Waals surface area contributed by atoms with Crippen LogP contribution in [0.3, 0.4) is 0 Å². The molecule has 0 radical (unpaired) electrons. The second kappa shape index (κ2) is 11.8. The molecule has 0 bridgehead atoms. The molecule has 2 fully saturated rings. The SMILES string of the molecule is CCN(Cc1cc(C)ccc1-c1cc([C@H](C)C(=O)N2C(=O)O[C@@H](c3ccccc3)[C@H]2C)ccc1OC)C(=O)C1CC1. The van der Waals surface area contributed by atoms with Crippen molar-refractivity contribution in [3.8, 4) is 16.9 Å². The van der Waals surface area contributed by atoms with Crippen molar-refractivity contribution in [1.82, 2.24) is 9.80 Å². The first-order valence-electron chi connectivity index (χ1n) is 14.4. The van der Waals surface area contributed by atoms with Crippen LogP contribution in [0.1, 0.15) is 67.9 Å². The quantitative estimate of drug-likeness (QED) is 0.296. The third-order valence-corrected chi connectivity index (χ3v) is 8.26. The van der Waals surface area contributed by atoms with Gasteiger partial charge in [-0.05, 0) is 74.9 Å². The molecule has 3 aromatic rings. The highest BCUT2D eigenvalue weighted by molar-refractivity contribution is 5.97. The Balaban J connectivity index is 1.45. The molecule has 1 aliphatic carbocycles. The Morgan fingerprint density at radius 1 is 1.05 bits per heavy atom. The molecule has 1 aliphatic heterocycles. The first-order chi connectivity index (χ1) is 19.7. The van der Waals surface area contributed by atoms with Crippen molar-refractivity contribution in [3.63, 3.8) is 0 Å². The van der Waals surface area contributed by atoms with E-state index in [0.29, 0.717) is 18.8 Å². The van der Waals surface area contributed by atoms with Gasteiger partial charge >= 0.3 is 6.09 Å². The molecule has 3 amide bonds. The average Bonchev–Trinajstić information content (AvgIpc) is 3.79. The van der Waals surface area contributed by atoms with E-state index in [0.717, 1.165) is 46.2 Å². The number of hydrogen-bond donors (Lipinski definition) is 0. The lowest BCUT2D eigenvalue weighted by Gasteiger charge is -2.25. The Kier molecular flexibility index (Phi) is 8.15. The Morgan fingerprint density at radius 2 is 1.78 bits per heavy atom. The summed E-state index contributed by atoms with van der Waals surface area (Å²) in [5, 5.41) is 0. The summed E-state index contributed by atoms with van der Waals surface area (Å²) in [6.45, 7) is 8.85. The third-order valence-electron chi connectivity index (χ3n) is 8.26. The Labute approximate surface area is 242 Å². The summed E-state index contributed by atoms with van der Waals surface area (Å²) >= 11 is 0. The lowest BCUT2D eigenvalue weighted by molar-refractivity contribution is -0.133. The second-order valence-corrected chi connectivity index (χ2v) is 11.1. The van der Waals surface area contributed by atoms with Crippen LogP contribution in [0.2, 0.25) is 0 Å². The molecular weight excluding hydrogens is 516 g/mol. The van der Waals surface area contributed by atoms with Crippen LogP contribution in [0, 0.1) is 12.8 Å². The van der Waals surface area contributed by atoms with Crippen LogP contribution in [-0.4, -0.2) is 47.4 Å². The summed E-state index contributed by atoms with van der Waals surface area (Å²) in [6, 6.07) is 21.0. The van der Waals surface area contributed by atoms with E-state index in [1.165, 1.54) is 4.90 Å². The number of carbonyl (C=O) groups is 3. The van der Waals surface area contributed by atoms with Crippen LogP contribution in [0.15, 0.2) is 66.7 Å². The standard InChI is InChI=1S/C34H38N2O5/c1-6-35(33(38)25-13-14-25)20-27-18-21(2)12-16-28(27)29-19-26(15-17-30(29)40-5)22(3)32(37)36-23(4)31(41-34(36)39)24-10-8-7-9-11-24/h7-12,15-19,22-23,25,31H,6,13-14,20H2,1-5H3/t22-,23+,31+/m0/s1. The highest BCUT2D eigenvalue weighted by Gasteiger charge is 2.44. The van der Waals surface area contributed by atoms with E-state index in [1.807, 2.05) is 87.2 Å². The molecule has 1 saturated heterocycles. The molecule has 3 atom stereocenters. The lowest BCUT2D eigenvalue weighted by Crippen LogP contribution is -2.40. The Hall–Kier alpha value is -4.13. The zero-order valence-corrected chi connectivity index (χ0v) is 24.4. The number of imide groups is 1. The topological polar surface area (TPSA) is 76.2 Å². The summed E-state index contributed by atoms with van der Waals surface area (Å²) in [5.74, 6) is 0.123. The van der Waals surface area contributed by atoms with Crippen LogP contribution in [-0.2, 0) is 20.9 Å². The fourth-order valence-electron chi connectivity index (χ4n) is 5.66. The largest absolute Gasteiger partial charge is 0.496 e. The fourth-order valence-corrected chi connectivity index (χ4v) is 5.66. The van der Waals surface area contributed by atoms with Gasteiger partial charge in [-0.3, -0.25) is 9.59 Å². The van der Waals surface area contributed by atoms with E-state index in [1.54, 1.807) is 7.11 Å². The predicted octanol–water partition coefficient (Wildman–Crippen LogP) is 6.64. The summed E-state index contributed by atoms with van der Waals surface area (Å²) < 4.78 is 11.4. The minimum Gasteiger partial charge on any atom is -0.496 e. The summed E-state index contributed by atoms with van der Waals surface area (Å²) in [6.07, 6.45) is 0.791. The normalized spacial score (nSPS) is 19.0. The smallest absolute Gasteiger partial charge is 0.417 e. The number of methoxy groups -OCH3 is 1. The highest BCUT2D eigenvalue weighted by atomic mass is 16.6. The van der Waals surface area contributed by atoms with Crippen molar-refractivity contribution in [3.05, 3.63) is 89.0 Å². The molecule has 1 heterocycles. The number of benzene rings is 3. The van der Waals surface area contributed by atoms with Crippen molar-refractivity contribution >= 4 is 17.9 Å². The minimum absolute atomic E-state index is 0.147. The van der Waals surface area contributed by atoms with E-state index in [4.69, 9.17) is 9.47 Å². The molecule has 1 saturated carbocycles. The van der Waals surface area contributed by atoms with E-state index in [-0.39, 0.29) is 17.7 Å². The zero-order valence-electron chi connectivity index (χ0n) is 24.4. The van der Waals surface area contributed by atoms with Crippen molar-refractivity contribution in [2.24, 2.45) is 5.92 Å². The molecule has 214 valence electrons. The van der Waals surface area contributed by atoms with Gasteiger partial charge < -0.3 is 14.4 Å². The van der Waals surface area contributed by atoms with Gasteiger partial charge in [0.15, 0.2) is 0 Å². The van der Waals surface area contributed by atoms with Crippen molar-refractivity contribution in [2.45, 2.75) is 65.1 Å². The van der Waals surface area contributed by atoms with E-state index in [2.05, 4.69) is 12.1 Å². The number of hydrogen-bond acceptors (Lipinski definition) is 5. The highest BCUT2D eigenvalue weighted by Crippen LogP contribution is 2.39. The average molecular weight is 555 g/mol. The number of carbonyl (C=O) groups excluding carboxylic acids is 3. The first kappa shape index (κ1) is 28.4. The number of aryl methyl sites for hydroxylation is 1. The number of nitrogens with zero attached hydrogens (tertiary/aromatic N) is 2. The zero-order chi connectivity index (χ0) is 29.3. The molecule has 41 heavy (non-hydrogen) atoms. The van der Waals surface area contributed by atoms with Crippen LogP contribution >= 0.6 is 0 Å². The number of cyclic esters (lactones) is 1. The summed E-state index contributed by atoms with van der Waals surface area (Å²) in [5.41, 5.74) is 5.55. The summed E-state index contributed by atoms with van der Waals surface area (Å²) in [4.78, 5) is 42.7. The molecule has 7 nitrogen and oxygen atoms in total. The maximum Gasteiger partial charge on any atom is 0.417 e. The Morgan fingerprint density at radius 3 is 2.44 bits per heavy atom. The van der Waals surface area contributed by atoms with Crippen molar-refractivity contribution < 1.29 is 23.9 Å². The molecule has 7 heteroatoms. The van der Waals surface area contributed by atoms with E-state index >= 15 is 0 Å². The molecule has 2 aliphatic rings. The van der Waals surface area contributed by atoms with Crippen LogP contribution in [0.4, 0.5) is 4.79 Å². The maximum atomic E-state index is 13.7. The van der Waals surface area contributed by atoms with Gasteiger partial charge in [-0.15, -0.1) is 0 Å². The van der Waals surface area contributed by atoms with Gasteiger partial charge in [-0.1, -0.05) is 60.2 Å². The monoisotopic (exact) mass is 554 g/mol. The minimum atomic E-state index is -0.627. The van der Waals surface area contributed by atoms with Gasteiger partial charge in [0.1, 0.15) is 11.9 Å². The van der Waals surface area contributed by atoms with Crippen molar-refractivity contribution in [1.29, 1.82) is 0 Å². The molecule has 5 rings (SSSR count). The molecule has 0 aromatic heterocycles. The van der Waals surface area contributed by atoms with E-state index in [9.17, 15) is 14.4 Å². The summed E-state index contributed by atoms with van der Waals surface area (Å²) in [7, 11) is 1.63.